The maximum absolute atomic E-state index is 12.3. The summed E-state index contributed by atoms with van der Waals surface area (Å²) in [5.74, 6) is -1.36. The summed E-state index contributed by atoms with van der Waals surface area (Å²) in [5.41, 5.74) is -0.264. The molecule has 2 rings (SSSR count). The highest BCUT2D eigenvalue weighted by atomic mass is 32.2. The summed E-state index contributed by atoms with van der Waals surface area (Å²) in [6.07, 6.45) is 2.81. The lowest BCUT2D eigenvalue weighted by molar-refractivity contribution is 0.0696. The van der Waals surface area contributed by atoms with E-state index in [9.17, 15) is 18.3 Å². The Balaban J connectivity index is 2.24. The normalized spacial score (nSPS) is 11.6. The van der Waals surface area contributed by atoms with Crippen molar-refractivity contribution in [2.45, 2.75) is 25.4 Å². The maximum Gasteiger partial charge on any atom is 0.335 e. The number of sulfonamides is 1. The molecule has 0 saturated carbocycles. The SMILES string of the molecule is CC(C)Cn1cnc(S(=O)(=O)Nc2ccc(C(=O)O)cc2O)c1. The predicted octanol–water partition coefficient (Wildman–Crippen LogP) is 1.74. The van der Waals surface area contributed by atoms with E-state index in [0.29, 0.717) is 12.5 Å². The highest BCUT2D eigenvalue weighted by molar-refractivity contribution is 7.92. The average Bonchev–Trinajstić information content (AvgIpc) is 2.89. The Morgan fingerprint density at radius 1 is 1.39 bits per heavy atom. The Kier molecular flexibility index (Phi) is 4.60. The van der Waals surface area contributed by atoms with Crippen molar-refractivity contribution in [1.82, 2.24) is 9.55 Å². The Morgan fingerprint density at radius 3 is 2.65 bits per heavy atom. The van der Waals surface area contributed by atoms with Crippen molar-refractivity contribution in [3.05, 3.63) is 36.3 Å². The monoisotopic (exact) mass is 339 g/mol. The van der Waals surface area contributed by atoms with Crippen LogP contribution in [0.5, 0.6) is 5.75 Å². The summed E-state index contributed by atoms with van der Waals surface area (Å²) >= 11 is 0. The van der Waals surface area contributed by atoms with Gasteiger partial charge in [-0.25, -0.2) is 9.78 Å². The minimum Gasteiger partial charge on any atom is -0.506 e. The molecule has 23 heavy (non-hydrogen) atoms. The number of aromatic carboxylic acids is 1. The summed E-state index contributed by atoms with van der Waals surface area (Å²) in [5, 5.41) is 18.4. The maximum atomic E-state index is 12.3. The molecule has 0 aliphatic carbocycles. The Labute approximate surface area is 133 Å². The van der Waals surface area contributed by atoms with E-state index >= 15 is 0 Å². The molecule has 8 nitrogen and oxygen atoms in total. The van der Waals surface area contributed by atoms with Crippen LogP contribution in [0.15, 0.2) is 35.7 Å². The fraction of sp³-hybridized carbons (Fsp3) is 0.286. The topological polar surface area (TPSA) is 122 Å². The van der Waals surface area contributed by atoms with Crippen LogP contribution in [0.25, 0.3) is 0 Å². The molecule has 0 fully saturated rings. The first-order chi connectivity index (χ1) is 10.7. The molecule has 0 saturated heterocycles. The molecule has 0 unspecified atom stereocenters. The first-order valence-corrected chi connectivity index (χ1v) is 8.28. The summed E-state index contributed by atoms with van der Waals surface area (Å²) in [4.78, 5) is 14.6. The molecule has 124 valence electrons. The Morgan fingerprint density at radius 2 is 2.09 bits per heavy atom. The molecule has 0 aliphatic heterocycles. The number of carbonyl (C=O) groups is 1. The molecule has 2 aromatic rings. The number of aromatic nitrogens is 2. The second kappa shape index (κ2) is 6.29. The van der Waals surface area contributed by atoms with Crippen molar-refractivity contribution in [3.63, 3.8) is 0 Å². The van der Waals surface area contributed by atoms with Gasteiger partial charge < -0.3 is 14.8 Å². The third-order valence-corrected chi connectivity index (χ3v) is 4.20. The van der Waals surface area contributed by atoms with E-state index in [4.69, 9.17) is 5.11 Å². The number of carboxylic acids is 1. The first-order valence-electron chi connectivity index (χ1n) is 6.80. The third-order valence-electron chi connectivity index (χ3n) is 2.95. The molecule has 3 N–H and O–H groups in total. The zero-order chi connectivity index (χ0) is 17.2. The van der Waals surface area contributed by atoms with Crippen LogP contribution in [-0.4, -0.2) is 34.2 Å². The number of benzene rings is 1. The second-order valence-electron chi connectivity index (χ2n) is 5.45. The van der Waals surface area contributed by atoms with E-state index in [-0.39, 0.29) is 16.3 Å². The predicted molar refractivity (Wildman–Crippen MR) is 82.9 cm³/mol. The van der Waals surface area contributed by atoms with Crippen LogP contribution in [0.3, 0.4) is 0 Å². The van der Waals surface area contributed by atoms with Gasteiger partial charge in [0.05, 0.1) is 17.6 Å². The van der Waals surface area contributed by atoms with Gasteiger partial charge in [0.1, 0.15) is 5.75 Å². The average molecular weight is 339 g/mol. The molecule has 9 heteroatoms. The first kappa shape index (κ1) is 16.8. The summed E-state index contributed by atoms with van der Waals surface area (Å²) in [7, 11) is -3.97. The van der Waals surface area contributed by atoms with Gasteiger partial charge >= 0.3 is 5.97 Å². The van der Waals surface area contributed by atoms with Crippen molar-refractivity contribution >= 4 is 21.7 Å². The number of hydrogen-bond donors (Lipinski definition) is 3. The number of nitrogens with zero attached hydrogens (tertiary/aromatic N) is 2. The van der Waals surface area contributed by atoms with E-state index in [1.807, 2.05) is 13.8 Å². The molecule has 1 aromatic carbocycles. The van der Waals surface area contributed by atoms with Gasteiger partial charge in [-0.2, -0.15) is 8.42 Å². The molecule has 0 aliphatic rings. The highest BCUT2D eigenvalue weighted by Gasteiger charge is 2.20. The fourth-order valence-corrected chi connectivity index (χ4v) is 2.97. The van der Waals surface area contributed by atoms with Gasteiger partial charge in [0.25, 0.3) is 10.0 Å². The number of phenols is 1. The van der Waals surface area contributed by atoms with Gasteiger partial charge in [-0.3, -0.25) is 4.72 Å². The van der Waals surface area contributed by atoms with Crippen LogP contribution in [-0.2, 0) is 16.6 Å². The van der Waals surface area contributed by atoms with E-state index in [2.05, 4.69) is 9.71 Å². The van der Waals surface area contributed by atoms with Crippen molar-refractivity contribution in [2.75, 3.05) is 4.72 Å². The van der Waals surface area contributed by atoms with Gasteiger partial charge in [0.15, 0.2) is 5.03 Å². The van der Waals surface area contributed by atoms with Gasteiger partial charge in [-0.05, 0) is 24.1 Å². The lowest BCUT2D eigenvalue weighted by atomic mass is 10.2. The van der Waals surface area contributed by atoms with Crippen LogP contribution in [0.1, 0.15) is 24.2 Å². The highest BCUT2D eigenvalue weighted by Crippen LogP contribution is 2.26. The number of aromatic hydroxyl groups is 1. The zero-order valence-electron chi connectivity index (χ0n) is 12.6. The minimum absolute atomic E-state index is 0.117. The molecular formula is C14H17N3O5S. The number of rotatable bonds is 6. The van der Waals surface area contributed by atoms with Crippen LogP contribution in [0.4, 0.5) is 5.69 Å². The number of nitrogens with one attached hydrogen (secondary N) is 1. The smallest absolute Gasteiger partial charge is 0.335 e. The number of hydrogen-bond acceptors (Lipinski definition) is 5. The van der Waals surface area contributed by atoms with Gasteiger partial charge in [0, 0.05) is 12.7 Å². The fourth-order valence-electron chi connectivity index (χ4n) is 1.95. The van der Waals surface area contributed by atoms with E-state index in [1.54, 1.807) is 4.57 Å². The second-order valence-corrected chi connectivity index (χ2v) is 7.07. The minimum atomic E-state index is -3.97. The van der Waals surface area contributed by atoms with Crippen molar-refractivity contribution < 1.29 is 23.4 Å². The third kappa shape index (κ3) is 4.01. The van der Waals surface area contributed by atoms with Crippen LogP contribution in [0, 0.1) is 5.92 Å². The van der Waals surface area contributed by atoms with E-state index in [1.165, 1.54) is 24.7 Å². The number of phenolic OH excluding ortho intramolecular Hbond substituents is 1. The standard InChI is InChI=1S/C14H17N3O5S/c1-9(2)6-17-7-13(15-8-17)23(21,22)16-11-4-3-10(14(19)20)5-12(11)18/h3-5,7-9,16,18H,6H2,1-2H3,(H,19,20). The van der Waals surface area contributed by atoms with Gasteiger partial charge in [0.2, 0.25) is 0 Å². The summed E-state index contributed by atoms with van der Waals surface area (Å²) in [6, 6.07) is 3.34. The Hall–Kier alpha value is -2.55. The number of imidazole rings is 1. The molecule has 0 radical (unpaired) electrons. The lowest BCUT2D eigenvalue weighted by Crippen LogP contribution is -2.14. The van der Waals surface area contributed by atoms with E-state index < -0.39 is 21.7 Å². The van der Waals surface area contributed by atoms with Crippen molar-refractivity contribution in [3.8, 4) is 5.75 Å². The summed E-state index contributed by atoms with van der Waals surface area (Å²) in [6.45, 7) is 4.62. The van der Waals surface area contributed by atoms with Crippen LogP contribution >= 0.6 is 0 Å². The number of carboxylic acid groups (broad SMARTS) is 1. The molecule has 0 amide bonds. The van der Waals surface area contributed by atoms with Crippen LogP contribution in [0.2, 0.25) is 0 Å². The van der Waals surface area contributed by atoms with E-state index in [0.717, 1.165) is 6.07 Å². The lowest BCUT2D eigenvalue weighted by Gasteiger charge is -2.08. The molecular weight excluding hydrogens is 322 g/mol. The largest absolute Gasteiger partial charge is 0.506 e. The molecule has 0 spiro atoms. The number of anilines is 1. The zero-order valence-corrected chi connectivity index (χ0v) is 13.4. The van der Waals surface area contributed by atoms with Crippen LogP contribution < -0.4 is 4.72 Å². The Bertz CT molecular complexity index is 827. The molecule has 0 atom stereocenters. The quantitative estimate of drug-likeness (QED) is 0.689. The summed E-state index contributed by atoms with van der Waals surface area (Å²) < 4.78 is 28.4. The molecule has 1 heterocycles. The van der Waals surface area contributed by atoms with Gasteiger partial charge in [-0.15, -0.1) is 0 Å². The molecule has 0 bridgehead atoms. The van der Waals surface area contributed by atoms with Gasteiger partial charge in [-0.1, -0.05) is 13.8 Å². The molecule has 1 aromatic heterocycles. The van der Waals surface area contributed by atoms with Crippen molar-refractivity contribution in [1.29, 1.82) is 0 Å². The van der Waals surface area contributed by atoms with Crippen molar-refractivity contribution in [2.24, 2.45) is 5.92 Å².